The van der Waals surface area contributed by atoms with Crippen molar-refractivity contribution >= 4 is 28.3 Å². The molecule has 20 heavy (non-hydrogen) atoms. The molecular formula is C16H17ClN2O. The number of halogens is 1. The molecule has 0 radical (unpaired) electrons. The van der Waals surface area contributed by atoms with E-state index in [1.165, 1.54) is 0 Å². The van der Waals surface area contributed by atoms with Gasteiger partial charge in [-0.05, 0) is 24.6 Å². The van der Waals surface area contributed by atoms with Gasteiger partial charge < -0.3 is 4.90 Å². The van der Waals surface area contributed by atoms with Gasteiger partial charge in [-0.1, -0.05) is 42.8 Å². The standard InChI is InChI=1S/C16H17ClN2O/c1-2-9-19(11-7-8-11)16(20)14-10-18-15(17)13-6-4-3-5-12(13)14/h3-6,10-11H,2,7-9H2,1H3. The summed E-state index contributed by atoms with van der Waals surface area (Å²) in [6.07, 6.45) is 4.81. The van der Waals surface area contributed by atoms with Gasteiger partial charge in [-0.3, -0.25) is 4.79 Å². The van der Waals surface area contributed by atoms with Gasteiger partial charge in [0, 0.05) is 24.2 Å². The Morgan fingerprint density at radius 2 is 2.05 bits per heavy atom. The Balaban J connectivity index is 2.05. The maximum absolute atomic E-state index is 12.8. The topological polar surface area (TPSA) is 33.2 Å². The van der Waals surface area contributed by atoms with Gasteiger partial charge in [0.05, 0.1) is 5.56 Å². The fourth-order valence-corrected chi connectivity index (χ4v) is 2.77. The van der Waals surface area contributed by atoms with Crippen molar-refractivity contribution < 1.29 is 4.79 Å². The summed E-state index contributed by atoms with van der Waals surface area (Å²) in [7, 11) is 0. The van der Waals surface area contributed by atoms with E-state index in [0.29, 0.717) is 16.8 Å². The number of pyridine rings is 1. The molecule has 0 aliphatic heterocycles. The van der Waals surface area contributed by atoms with Crippen LogP contribution in [0.1, 0.15) is 36.5 Å². The number of rotatable bonds is 4. The maximum Gasteiger partial charge on any atom is 0.256 e. The van der Waals surface area contributed by atoms with Crippen LogP contribution in [0.2, 0.25) is 5.15 Å². The summed E-state index contributed by atoms with van der Waals surface area (Å²) in [4.78, 5) is 18.9. The van der Waals surface area contributed by atoms with Crippen LogP contribution in [0, 0.1) is 0 Å². The van der Waals surface area contributed by atoms with E-state index >= 15 is 0 Å². The van der Waals surface area contributed by atoms with Crippen LogP contribution in [0.3, 0.4) is 0 Å². The first-order valence-corrected chi connectivity index (χ1v) is 7.44. The number of hydrogen-bond acceptors (Lipinski definition) is 2. The Hall–Kier alpha value is -1.61. The first kappa shape index (κ1) is 13.4. The van der Waals surface area contributed by atoms with Crippen molar-refractivity contribution in [2.75, 3.05) is 6.54 Å². The smallest absolute Gasteiger partial charge is 0.256 e. The molecule has 3 nitrogen and oxygen atoms in total. The second kappa shape index (κ2) is 5.41. The Morgan fingerprint density at radius 3 is 2.70 bits per heavy atom. The fraction of sp³-hybridized carbons (Fsp3) is 0.375. The molecule has 1 aliphatic rings. The lowest BCUT2D eigenvalue weighted by atomic mass is 10.1. The van der Waals surface area contributed by atoms with E-state index in [2.05, 4.69) is 11.9 Å². The highest BCUT2D eigenvalue weighted by atomic mass is 35.5. The van der Waals surface area contributed by atoms with Crippen LogP contribution in [0.15, 0.2) is 30.5 Å². The summed E-state index contributed by atoms with van der Waals surface area (Å²) >= 11 is 6.11. The highest BCUT2D eigenvalue weighted by Gasteiger charge is 2.33. The van der Waals surface area contributed by atoms with Crippen molar-refractivity contribution in [1.29, 1.82) is 0 Å². The molecule has 3 rings (SSSR count). The first-order valence-electron chi connectivity index (χ1n) is 7.06. The third kappa shape index (κ3) is 2.38. The zero-order chi connectivity index (χ0) is 14.1. The number of fused-ring (bicyclic) bond motifs is 1. The zero-order valence-electron chi connectivity index (χ0n) is 11.5. The Bertz CT molecular complexity index is 652. The van der Waals surface area contributed by atoms with Crippen LogP contribution < -0.4 is 0 Å². The van der Waals surface area contributed by atoms with Gasteiger partial charge >= 0.3 is 0 Å². The zero-order valence-corrected chi connectivity index (χ0v) is 12.2. The molecule has 1 fully saturated rings. The van der Waals surface area contributed by atoms with E-state index in [9.17, 15) is 4.79 Å². The second-order valence-electron chi connectivity index (χ2n) is 5.24. The van der Waals surface area contributed by atoms with Crippen molar-refractivity contribution in [2.45, 2.75) is 32.2 Å². The Labute approximate surface area is 123 Å². The van der Waals surface area contributed by atoms with E-state index in [1.54, 1.807) is 6.20 Å². The molecule has 1 saturated carbocycles. The molecular weight excluding hydrogens is 272 g/mol. The molecule has 1 amide bonds. The van der Waals surface area contributed by atoms with Crippen molar-refractivity contribution in [3.05, 3.63) is 41.2 Å². The largest absolute Gasteiger partial charge is 0.336 e. The molecule has 104 valence electrons. The Morgan fingerprint density at radius 1 is 1.35 bits per heavy atom. The summed E-state index contributed by atoms with van der Waals surface area (Å²) in [6, 6.07) is 8.10. The summed E-state index contributed by atoms with van der Waals surface area (Å²) in [5, 5.41) is 2.18. The normalized spacial score (nSPS) is 14.5. The highest BCUT2D eigenvalue weighted by molar-refractivity contribution is 6.34. The fourth-order valence-electron chi connectivity index (χ4n) is 2.56. The summed E-state index contributed by atoms with van der Waals surface area (Å²) < 4.78 is 0. The predicted molar refractivity (Wildman–Crippen MR) is 81.1 cm³/mol. The SMILES string of the molecule is CCCN(C(=O)c1cnc(Cl)c2ccccc12)C1CC1. The van der Waals surface area contributed by atoms with Gasteiger partial charge in [-0.15, -0.1) is 0 Å². The monoisotopic (exact) mass is 288 g/mol. The first-order chi connectivity index (χ1) is 9.72. The molecule has 1 heterocycles. The van der Waals surface area contributed by atoms with Gasteiger partial charge in [0.2, 0.25) is 0 Å². The van der Waals surface area contributed by atoms with Crippen LogP contribution >= 0.6 is 11.6 Å². The molecule has 0 unspecified atom stereocenters. The summed E-state index contributed by atoms with van der Waals surface area (Å²) in [5.41, 5.74) is 0.658. The minimum absolute atomic E-state index is 0.0784. The maximum atomic E-state index is 12.8. The third-order valence-electron chi connectivity index (χ3n) is 3.69. The molecule has 1 aromatic heterocycles. The minimum Gasteiger partial charge on any atom is -0.336 e. The lowest BCUT2D eigenvalue weighted by Crippen LogP contribution is -2.34. The van der Waals surface area contributed by atoms with Gasteiger partial charge in [0.25, 0.3) is 5.91 Å². The molecule has 4 heteroatoms. The number of benzene rings is 1. The van der Waals surface area contributed by atoms with E-state index < -0.39 is 0 Å². The molecule has 1 aromatic carbocycles. The number of aromatic nitrogens is 1. The van der Waals surface area contributed by atoms with Crippen molar-refractivity contribution in [2.24, 2.45) is 0 Å². The number of carbonyl (C=O) groups excluding carboxylic acids is 1. The molecule has 0 saturated heterocycles. The lowest BCUT2D eigenvalue weighted by molar-refractivity contribution is 0.0745. The molecule has 2 aromatic rings. The van der Waals surface area contributed by atoms with Crippen molar-refractivity contribution in [3.8, 4) is 0 Å². The quantitative estimate of drug-likeness (QED) is 0.799. The number of amides is 1. The van der Waals surface area contributed by atoms with Gasteiger partial charge in [-0.25, -0.2) is 4.98 Å². The number of nitrogens with zero attached hydrogens (tertiary/aromatic N) is 2. The van der Waals surface area contributed by atoms with Crippen molar-refractivity contribution in [1.82, 2.24) is 9.88 Å². The molecule has 0 bridgehead atoms. The van der Waals surface area contributed by atoms with Crippen LogP contribution in [-0.4, -0.2) is 28.4 Å². The summed E-state index contributed by atoms with van der Waals surface area (Å²) in [5.74, 6) is 0.0784. The predicted octanol–water partition coefficient (Wildman–Crippen LogP) is 3.90. The molecule has 0 spiro atoms. The highest BCUT2D eigenvalue weighted by Crippen LogP contribution is 2.31. The van der Waals surface area contributed by atoms with E-state index in [1.807, 2.05) is 29.2 Å². The van der Waals surface area contributed by atoms with Crippen LogP contribution in [-0.2, 0) is 0 Å². The van der Waals surface area contributed by atoms with E-state index in [-0.39, 0.29) is 5.91 Å². The van der Waals surface area contributed by atoms with E-state index in [4.69, 9.17) is 11.6 Å². The Kier molecular flexibility index (Phi) is 3.62. The average Bonchev–Trinajstić information content (AvgIpc) is 3.29. The van der Waals surface area contributed by atoms with Crippen LogP contribution in [0.5, 0.6) is 0 Å². The van der Waals surface area contributed by atoms with E-state index in [0.717, 1.165) is 36.6 Å². The number of carbonyl (C=O) groups is 1. The molecule has 0 N–H and O–H groups in total. The summed E-state index contributed by atoms with van der Waals surface area (Å²) in [6.45, 7) is 2.90. The lowest BCUT2D eigenvalue weighted by Gasteiger charge is -2.22. The molecule has 1 aliphatic carbocycles. The van der Waals surface area contributed by atoms with Gasteiger partial charge in [-0.2, -0.15) is 0 Å². The second-order valence-corrected chi connectivity index (χ2v) is 5.60. The van der Waals surface area contributed by atoms with Crippen LogP contribution in [0.25, 0.3) is 10.8 Å². The molecule has 0 atom stereocenters. The third-order valence-corrected chi connectivity index (χ3v) is 3.99. The van der Waals surface area contributed by atoms with Crippen molar-refractivity contribution in [3.63, 3.8) is 0 Å². The van der Waals surface area contributed by atoms with Gasteiger partial charge in [0.15, 0.2) is 0 Å². The van der Waals surface area contributed by atoms with Crippen LogP contribution in [0.4, 0.5) is 0 Å². The van der Waals surface area contributed by atoms with Gasteiger partial charge in [0.1, 0.15) is 5.15 Å². The average molecular weight is 289 g/mol. The minimum atomic E-state index is 0.0784. The number of hydrogen-bond donors (Lipinski definition) is 0.